The number of carbonyl (C=O) groups excluding carboxylic acids is 1. The molecule has 2 heterocycles. The van der Waals surface area contributed by atoms with Crippen molar-refractivity contribution < 1.29 is 9.53 Å². The van der Waals surface area contributed by atoms with Crippen molar-refractivity contribution in [2.45, 2.75) is 31.4 Å². The summed E-state index contributed by atoms with van der Waals surface area (Å²) in [5, 5.41) is 2.72. The highest BCUT2D eigenvalue weighted by Gasteiger charge is 2.46. The summed E-state index contributed by atoms with van der Waals surface area (Å²) in [4.78, 5) is 13.2. The van der Waals surface area contributed by atoms with Gasteiger partial charge >= 0.3 is 6.09 Å². The Hall–Kier alpha value is -0.770. The lowest BCUT2D eigenvalue weighted by Crippen LogP contribution is -2.48. The Balaban J connectivity index is 2.10. The van der Waals surface area contributed by atoms with Crippen LogP contribution >= 0.6 is 0 Å². The number of nitrogens with zero attached hydrogens (tertiary/aromatic N) is 1. The van der Waals surface area contributed by atoms with Crippen molar-refractivity contribution in [3.8, 4) is 0 Å². The third kappa shape index (κ3) is 1.39. The van der Waals surface area contributed by atoms with Gasteiger partial charge in [0.05, 0.1) is 12.6 Å². The fraction of sp³-hybridized carbons (Fsp3) is 0.889. The van der Waals surface area contributed by atoms with Gasteiger partial charge in [0.1, 0.15) is 5.60 Å². The predicted molar refractivity (Wildman–Crippen MR) is 48.5 cm³/mol. The summed E-state index contributed by atoms with van der Waals surface area (Å²) in [5.74, 6) is 0. The predicted octanol–water partition coefficient (Wildman–Crippen LogP) is 0.579. The number of hydrogen-bond acceptors (Lipinski definition) is 3. The molecule has 2 fully saturated rings. The highest BCUT2D eigenvalue weighted by Crippen LogP contribution is 2.30. The number of ether oxygens (including phenoxy) is 1. The summed E-state index contributed by atoms with van der Waals surface area (Å²) < 4.78 is 5.31. The zero-order chi connectivity index (χ0) is 9.47. The maximum atomic E-state index is 11.0. The van der Waals surface area contributed by atoms with Crippen LogP contribution in [0.25, 0.3) is 0 Å². The lowest BCUT2D eigenvalue weighted by Gasteiger charge is -2.33. The molecule has 2 aliphatic heterocycles. The Bertz CT molecular complexity index is 232. The topological polar surface area (TPSA) is 41.6 Å². The Morgan fingerprint density at radius 1 is 1.69 bits per heavy atom. The first-order valence-electron chi connectivity index (χ1n) is 4.79. The summed E-state index contributed by atoms with van der Waals surface area (Å²) >= 11 is 0. The molecule has 2 saturated heterocycles. The van der Waals surface area contributed by atoms with Crippen LogP contribution in [0.1, 0.15) is 19.8 Å². The van der Waals surface area contributed by atoms with E-state index < -0.39 is 0 Å². The van der Waals surface area contributed by atoms with Crippen molar-refractivity contribution in [3.63, 3.8) is 0 Å². The van der Waals surface area contributed by atoms with Gasteiger partial charge in [-0.2, -0.15) is 0 Å². The minimum absolute atomic E-state index is 0.275. The molecule has 4 heteroatoms. The van der Waals surface area contributed by atoms with Crippen molar-refractivity contribution in [1.82, 2.24) is 10.2 Å². The lowest BCUT2D eigenvalue weighted by molar-refractivity contribution is 0.0113. The molecule has 0 radical (unpaired) electrons. The molecule has 74 valence electrons. The van der Waals surface area contributed by atoms with Gasteiger partial charge in [-0.3, -0.25) is 4.90 Å². The second-order valence-electron chi connectivity index (χ2n) is 4.19. The number of cyclic esters (lactones) is 1. The van der Waals surface area contributed by atoms with Crippen LogP contribution in [-0.2, 0) is 4.74 Å². The average Bonchev–Trinajstić information content (AvgIpc) is 2.59. The van der Waals surface area contributed by atoms with Crippen LogP contribution in [0, 0.1) is 0 Å². The molecule has 0 aromatic carbocycles. The third-order valence-electron chi connectivity index (χ3n) is 3.13. The second kappa shape index (κ2) is 2.87. The second-order valence-corrected chi connectivity index (χ2v) is 4.19. The van der Waals surface area contributed by atoms with Crippen molar-refractivity contribution in [2.75, 3.05) is 20.1 Å². The van der Waals surface area contributed by atoms with E-state index >= 15 is 0 Å². The van der Waals surface area contributed by atoms with Crippen LogP contribution in [0.15, 0.2) is 0 Å². The molecule has 0 aromatic heterocycles. The molecule has 4 nitrogen and oxygen atoms in total. The van der Waals surface area contributed by atoms with E-state index in [1.165, 1.54) is 6.42 Å². The lowest BCUT2D eigenvalue weighted by atomic mass is 9.95. The monoisotopic (exact) mass is 184 g/mol. The Kier molecular flexibility index (Phi) is 1.95. The van der Waals surface area contributed by atoms with Crippen LogP contribution in [0.4, 0.5) is 4.79 Å². The Morgan fingerprint density at radius 3 is 2.92 bits per heavy atom. The van der Waals surface area contributed by atoms with Crippen LogP contribution < -0.4 is 5.32 Å². The van der Waals surface area contributed by atoms with E-state index in [9.17, 15) is 4.79 Å². The summed E-state index contributed by atoms with van der Waals surface area (Å²) in [6.45, 7) is 3.76. The summed E-state index contributed by atoms with van der Waals surface area (Å²) in [6.07, 6.45) is 2.05. The largest absolute Gasteiger partial charge is 0.440 e. The maximum Gasteiger partial charge on any atom is 0.407 e. The van der Waals surface area contributed by atoms with Crippen LogP contribution in [0.2, 0.25) is 0 Å². The summed E-state index contributed by atoms with van der Waals surface area (Å²) in [7, 11) is 2.09. The van der Waals surface area contributed by atoms with E-state index in [0.29, 0.717) is 12.6 Å². The quantitative estimate of drug-likeness (QED) is 0.648. The molecule has 1 N–H and O–H groups in total. The fourth-order valence-electron chi connectivity index (χ4n) is 2.40. The molecule has 0 aromatic rings. The number of nitrogens with one attached hydrogen (secondary N) is 1. The molecule has 13 heavy (non-hydrogen) atoms. The van der Waals surface area contributed by atoms with Crippen molar-refractivity contribution in [2.24, 2.45) is 0 Å². The van der Waals surface area contributed by atoms with Crippen molar-refractivity contribution in [1.29, 1.82) is 0 Å². The molecule has 0 saturated carbocycles. The van der Waals surface area contributed by atoms with E-state index in [-0.39, 0.29) is 11.7 Å². The van der Waals surface area contributed by atoms with E-state index in [2.05, 4.69) is 17.3 Å². The molecule has 1 amide bonds. The van der Waals surface area contributed by atoms with Gasteiger partial charge in [-0.15, -0.1) is 0 Å². The highest BCUT2D eigenvalue weighted by atomic mass is 16.6. The molecule has 2 atom stereocenters. The third-order valence-corrected chi connectivity index (χ3v) is 3.13. The zero-order valence-electron chi connectivity index (χ0n) is 8.17. The van der Waals surface area contributed by atoms with Gasteiger partial charge in [0, 0.05) is 0 Å². The molecule has 2 rings (SSSR count). The SMILES string of the molecule is CN1CCCC1C1(C)CNC(=O)O1. The van der Waals surface area contributed by atoms with Crippen LogP contribution in [0.3, 0.4) is 0 Å². The van der Waals surface area contributed by atoms with Crippen LogP contribution in [-0.4, -0.2) is 42.8 Å². The molecule has 2 aliphatic rings. The first-order valence-corrected chi connectivity index (χ1v) is 4.79. The zero-order valence-corrected chi connectivity index (χ0v) is 8.17. The summed E-state index contributed by atoms with van der Waals surface area (Å²) in [6, 6.07) is 0.381. The van der Waals surface area contributed by atoms with Crippen molar-refractivity contribution >= 4 is 6.09 Å². The number of rotatable bonds is 1. The highest BCUT2D eigenvalue weighted by molar-refractivity contribution is 5.70. The number of hydrogen-bond donors (Lipinski definition) is 1. The minimum atomic E-state index is -0.317. The van der Waals surface area contributed by atoms with Gasteiger partial charge in [0.2, 0.25) is 0 Å². The maximum absolute atomic E-state index is 11.0. The van der Waals surface area contributed by atoms with Gasteiger partial charge < -0.3 is 10.1 Å². The number of amides is 1. The molecule has 0 aliphatic carbocycles. The smallest absolute Gasteiger partial charge is 0.407 e. The molecule has 0 spiro atoms. The first kappa shape index (κ1) is 8.81. The first-order chi connectivity index (χ1) is 6.12. The molecule has 2 unspecified atom stereocenters. The van der Waals surface area contributed by atoms with E-state index in [1.54, 1.807) is 0 Å². The number of carbonyl (C=O) groups is 1. The van der Waals surface area contributed by atoms with E-state index in [4.69, 9.17) is 4.74 Å². The van der Waals surface area contributed by atoms with Gasteiger partial charge in [-0.1, -0.05) is 0 Å². The number of likely N-dealkylation sites (tertiary alicyclic amines) is 1. The fourth-order valence-corrected chi connectivity index (χ4v) is 2.40. The minimum Gasteiger partial charge on any atom is -0.440 e. The van der Waals surface area contributed by atoms with Gasteiger partial charge in [0.15, 0.2) is 0 Å². The number of likely N-dealkylation sites (N-methyl/N-ethyl adjacent to an activating group) is 1. The average molecular weight is 184 g/mol. The van der Waals surface area contributed by atoms with E-state index in [1.807, 2.05) is 6.92 Å². The molecule has 0 bridgehead atoms. The van der Waals surface area contributed by atoms with Crippen molar-refractivity contribution in [3.05, 3.63) is 0 Å². The molecular formula is C9H16N2O2. The Morgan fingerprint density at radius 2 is 2.46 bits per heavy atom. The standard InChI is InChI=1S/C9H16N2O2/c1-9(6-10-8(12)13-9)7-4-3-5-11(7)2/h7H,3-6H2,1-2H3,(H,10,12). The van der Waals surface area contributed by atoms with Gasteiger partial charge in [0.25, 0.3) is 0 Å². The van der Waals surface area contributed by atoms with E-state index in [0.717, 1.165) is 13.0 Å². The molecular weight excluding hydrogens is 168 g/mol. The van der Waals surface area contributed by atoms with Crippen LogP contribution in [0.5, 0.6) is 0 Å². The normalized spacial score (nSPS) is 40.5. The van der Waals surface area contributed by atoms with Gasteiger partial charge in [-0.25, -0.2) is 4.79 Å². The Labute approximate surface area is 78.2 Å². The summed E-state index contributed by atoms with van der Waals surface area (Å²) in [5.41, 5.74) is -0.317. The van der Waals surface area contributed by atoms with Gasteiger partial charge in [-0.05, 0) is 33.4 Å². The number of alkyl carbamates (subject to hydrolysis) is 1.